The van der Waals surface area contributed by atoms with E-state index in [0.29, 0.717) is 6.54 Å². The molecule has 0 spiro atoms. The highest BCUT2D eigenvalue weighted by molar-refractivity contribution is 7.99. The van der Waals surface area contributed by atoms with Gasteiger partial charge >= 0.3 is 0 Å². The third-order valence-electron chi connectivity index (χ3n) is 5.14. The van der Waals surface area contributed by atoms with Crippen LogP contribution in [-0.2, 0) is 19.5 Å². The van der Waals surface area contributed by atoms with Crippen LogP contribution < -0.4 is 0 Å². The Morgan fingerprint density at radius 1 is 1.19 bits per heavy atom. The van der Waals surface area contributed by atoms with Crippen molar-refractivity contribution in [3.8, 4) is 0 Å². The molecule has 2 aliphatic rings. The summed E-state index contributed by atoms with van der Waals surface area (Å²) >= 11 is 1.90. The molecule has 1 fully saturated rings. The summed E-state index contributed by atoms with van der Waals surface area (Å²) < 4.78 is 19.0. The monoisotopic (exact) mass is 374 g/mol. The molecular weight excluding hydrogens is 351 g/mol. The molecule has 138 valence electrons. The van der Waals surface area contributed by atoms with Crippen LogP contribution in [0.25, 0.3) is 0 Å². The van der Waals surface area contributed by atoms with E-state index in [4.69, 9.17) is 4.42 Å². The molecular formula is C20H23FN2O2S. The van der Waals surface area contributed by atoms with E-state index in [1.165, 1.54) is 12.1 Å². The zero-order valence-electron chi connectivity index (χ0n) is 15.0. The zero-order valence-corrected chi connectivity index (χ0v) is 15.8. The molecule has 1 amide bonds. The standard InChI is InChI=1S/C20H23FN2O2S/c1-14-19(20(24)23-8-10-26-11-9-23)17-13-22(7-6-18(17)25-14)12-15-2-4-16(21)5-3-15/h2-5H,6-13H2,1H3. The van der Waals surface area contributed by atoms with Crippen LogP contribution in [0.2, 0.25) is 0 Å². The first-order chi connectivity index (χ1) is 12.6. The Bertz CT molecular complexity index is 797. The van der Waals surface area contributed by atoms with Crippen molar-refractivity contribution in [2.45, 2.75) is 26.4 Å². The zero-order chi connectivity index (χ0) is 18.1. The number of hydrogen-bond acceptors (Lipinski definition) is 4. The van der Waals surface area contributed by atoms with Crippen molar-refractivity contribution < 1.29 is 13.6 Å². The van der Waals surface area contributed by atoms with Gasteiger partial charge in [-0.25, -0.2) is 4.39 Å². The minimum atomic E-state index is -0.215. The Morgan fingerprint density at radius 3 is 2.65 bits per heavy atom. The number of carbonyl (C=O) groups excluding carboxylic acids is 1. The van der Waals surface area contributed by atoms with Gasteiger partial charge < -0.3 is 9.32 Å². The van der Waals surface area contributed by atoms with Crippen LogP contribution in [0, 0.1) is 12.7 Å². The summed E-state index contributed by atoms with van der Waals surface area (Å²) in [7, 11) is 0. The van der Waals surface area contributed by atoms with Crippen molar-refractivity contribution in [3.63, 3.8) is 0 Å². The predicted molar refractivity (Wildman–Crippen MR) is 101 cm³/mol. The van der Waals surface area contributed by atoms with Crippen LogP contribution in [0.15, 0.2) is 28.7 Å². The van der Waals surface area contributed by atoms with Gasteiger partial charge in [0.1, 0.15) is 17.3 Å². The van der Waals surface area contributed by atoms with Crippen molar-refractivity contribution in [1.29, 1.82) is 0 Å². The van der Waals surface area contributed by atoms with E-state index >= 15 is 0 Å². The van der Waals surface area contributed by atoms with E-state index in [2.05, 4.69) is 4.90 Å². The summed E-state index contributed by atoms with van der Waals surface area (Å²) in [5.74, 6) is 3.59. The van der Waals surface area contributed by atoms with Crippen LogP contribution in [0.4, 0.5) is 4.39 Å². The van der Waals surface area contributed by atoms with Crippen LogP contribution in [0.5, 0.6) is 0 Å². The molecule has 0 atom stereocenters. The molecule has 1 saturated heterocycles. The Morgan fingerprint density at radius 2 is 1.92 bits per heavy atom. The van der Waals surface area contributed by atoms with Gasteiger partial charge in [-0.15, -0.1) is 0 Å². The molecule has 1 aromatic heterocycles. The van der Waals surface area contributed by atoms with Gasteiger partial charge in [0.05, 0.1) is 5.56 Å². The molecule has 6 heteroatoms. The minimum absolute atomic E-state index is 0.108. The van der Waals surface area contributed by atoms with E-state index < -0.39 is 0 Å². The summed E-state index contributed by atoms with van der Waals surface area (Å²) in [6.45, 7) is 5.84. The number of fused-ring (bicyclic) bond motifs is 1. The van der Waals surface area contributed by atoms with Crippen molar-refractivity contribution in [1.82, 2.24) is 9.80 Å². The summed E-state index contributed by atoms with van der Waals surface area (Å²) in [5, 5.41) is 0. The molecule has 0 radical (unpaired) electrons. The Labute approximate surface area is 157 Å². The number of nitrogens with zero attached hydrogens (tertiary/aromatic N) is 2. The lowest BCUT2D eigenvalue weighted by atomic mass is 10.0. The second-order valence-electron chi connectivity index (χ2n) is 6.93. The lowest BCUT2D eigenvalue weighted by Crippen LogP contribution is -2.39. The maximum absolute atomic E-state index is 13.1. The average molecular weight is 374 g/mol. The van der Waals surface area contributed by atoms with Crippen molar-refractivity contribution in [2.75, 3.05) is 31.1 Å². The Balaban J connectivity index is 1.54. The largest absolute Gasteiger partial charge is 0.465 e. The van der Waals surface area contributed by atoms with Gasteiger partial charge in [0.15, 0.2) is 0 Å². The first-order valence-corrected chi connectivity index (χ1v) is 10.2. The minimum Gasteiger partial charge on any atom is -0.465 e. The highest BCUT2D eigenvalue weighted by atomic mass is 32.2. The third-order valence-corrected chi connectivity index (χ3v) is 6.08. The quantitative estimate of drug-likeness (QED) is 0.824. The molecule has 0 N–H and O–H groups in total. The van der Waals surface area contributed by atoms with Crippen molar-refractivity contribution >= 4 is 17.7 Å². The average Bonchev–Trinajstić information content (AvgIpc) is 2.99. The summed E-state index contributed by atoms with van der Waals surface area (Å²) in [5.41, 5.74) is 2.88. The number of carbonyl (C=O) groups is 1. The third kappa shape index (κ3) is 3.53. The molecule has 1 aromatic carbocycles. The Kier molecular flexibility index (Phi) is 5.05. The van der Waals surface area contributed by atoms with Gasteiger partial charge in [0, 0.05) is 56.2 Å². The highest BCUT2D eigenvalue weighted by Gasteiger charge is 2.31. The predicted octanol–water partition coefficient (Wildman–Crippen LogP) is 3.47. The lowest BCUT2D eigenvalue weighted by Gasteiger charge is -2.29. The normalized spacial score (nSPS) is 18.0. The van der Waals surface area contributed by atoms with Crippen molar-refractivity contribution in [3.05, 3.63) is 58.3 Å². The Hall–Kier alpha value is -1.79. The number of hydrogen-bond donors (Lipinski definition) is 0. The van der Waals surface area contributed by atoms with Gasteiger partial charge in [-0.05, 0) is 24.6 Å². The summed E-state index contributed by atoms with van der Waals surface area (Å²) in [6.07, 6.45) is 0.806. The fraction of sp³-hybridized carbons (Fsp3) is 0.450. The number of aryl methyl sites for hydroxylation is 1. The molecule has 3 heterocycles. The smallest absolute Gasteiger partial charge is 0.257 e. The van der Waals surface area contributed by atoms with E-state index in [-0.39, 0.29) is 11.7 Å². The van der Waals surface area contributed by atoms with E-state index in [1.54, 1.807) is 0 Å². The first-order valence-electron chi connectivity index (χ1n) is 9.07. The fourth-order valence-corrected chi connectivity index (χ4v) is 4.67. The first kappa shape index (κ1) is 17.6. The van der Waals surface area contributed by atoms with Crippen LogP contribution in [0.3, 0.4) is 0 Å². The molecule has 0 unspecified atom stereocenters. The number of thioether (sulfide) groups is 1. The SMILES string of the molecule is Cc1oc2c(c1C(=O)N1CCSCC1)CN(Cc1ccc(F)cc1)CC2. The van der Waals surface area contributed by atoms with Crippen molar-refractivity contribution in [2.24, 2.45) is 0 Å². The molecule has 4 nitrogen and oxygen atoms in total. The number of benzene rings is 1. The summed E-state index contributed by atoms with van der Waals surface area (Å²) in [4.78, 5) is 17.3. The highest BCUT2D eigenvalue weighted by Crippen LogP contribution is 2.30. The maximum atomic E-state index is 13.1. The van der Waals surface area contributed by atoms with Crippen LogP contribution in [-0.4, -0.2) is 46.8 Å². The summed E-state index contributed by atoms with van der Waals surface area (Å²) in [6, 6.07) is 6.64. The van der Waals surface area contributed by atoms with Gasteiger partial charge in [0.25, 0.3) is 5.91 Å². The van der Waals surface area contributed by atoms with Crippen LogP contribution >= 0.6 is 11.8 Å². The lowest BCUT2D eigenvalue weighted by molar-refractivity contribution is 0.0768. The molecule has 4 rings (SSSR count). The number of furan rings is 1. The molecule has 2 aromatic rings. The van der Waals surface area contributed by atoms with Gasteiger partial charge in [-0.1, -0.05) is 12.1 Å². The molecule has 2 aliphatic heterocycles. The fourth-order valence-electron chi connectivity index (χ4n) is 3.77. The second kappa shape index (κ2) is 7.45. The molecule has 0 aliphatic carbocycles. The topological polar surface area (TPSA) is 36.7 Å². The van der Waals surface area contributed by atoms with Crippen LogP contribution in [0.1, 0.15) is 33.0 Å². The van der Waals surface area contributed by atoms with E-state index in [1.807, 2.05) is 35.7 Å². The van der Waals surface area contributed by atoms with E-state index in [0.717, 1.165) is 72.3 Å². The van der Waals surface area contributed by atoms with Gasteiger partial charge in [0.2, 0.25) is 0 Å². The number of rotatable bonds is 3. The second-order valence-corrected chi connectivity index (χ2v) is 8.15. The maximum Gasteiger partial charge on any atom is 0.257 e. The molecule has 0 saturated carbocycles. The molecule has 26 heavy (non-hydrogen) atoms. The molecule has 0 bridgehead atoms. The number of amides is 1. The van der Waals surface area contributed by atoms with E-state index in [9.17, 15) is 9.18 Å². The number of halogens is 1. The van der Waals surface area contributed by atoms with Gasteiger partial charge in [-0.3, -0.25) is 9.69 Å². The van der Waals surface area contributed by atoms with Gasteiger partial charge in [-0.2, -0.15) is 11.8 Å².